The van der Waals surface area contributed by atoms with Gasteiger partial charge in [0.1, 0.15) is 11.0 Å². The zero-order valence-electron chi connectivity index (χ0n) is 20.3. The third-order valence-electron chi connectivity index (χ3n) is 6.12. The fraction of sp³-hybridized carbons (Fsp3) is 0.0690. The van der Waals surface area contributed by atoms with Crippen molar-refractivity contribution in [1.82, 2.24) is 9.55 Å². The third-order valence-corrected chi connectivity index (χ3v) is 6.64. The van der Waals surface area contributed by atoms with E-state index in [1.165, 1.54) is 12.1 Å². The van der Waals surface area contributed by atoms with Gasteiger partial charge in [0.05, 0.1) is 16.7 Å². The van der Waals surface area contributed by atoms with Crippen LogP contribution in [0.5, 0.6) is 0 Å². The minimum Gasteiger partial charge on any atom is -0.322 e. The number of pyridine rings is 2. The molecule has 0 aliphatic heterocycles. The molecule has 5 aromatic rings. The molecule has 0 aliphatic rings. The molecule has 8 heteroatoms. The summed E-state index contributed by atoms with van der Waals surface area (Å²) in [6.07, 6.45) is 4.55. The summed E-state index contributed by atoms with van der Waals surface area (Å²) >= 11 is 0. The Morgan fingerprint density at radius 3 is 2.49 bits per heavy atom. The molecule has 1 amide bonds. The Hall–Kier alpha value is -4.56. The van der Waals surface area contributed by atoms with Gasteiger partial charge in [-0.25, -0.2) is 4.21 Å². The fourth-order valence-corrected chi connectivity index (χ4v) is 4.78. The zero-order chi connectivity index (χ0) is 26.1. The molecule has 0 radical (unpaired) electrons. The van der Waals surface area contributed by atoms with Crippen molar-refractivity contribution in [1.29, 1.82) is 0 Å². The van der Waals surface area contributed by atoms with Gasteiger partial charge < -0.3 is 10.0 Å². The highest BCUT2D eigenvalue weighted by molar-refractivity contribution is 7.85. The maximum absolute atomic E-state index is 13.2. The van der Waals surface area contributed by atoms with Gasteiger partial charge in [-0.1, -0.05) is 30.8 Å². The van der Waals surface area contributed by atoms with Gasteiger partial charge in [0.2, 0.25) is 5.91 Å². The fourth-order valence-electron chi connectivity index (χ4n) is 4.31. The molecule has 0 bridgehead atoms. The van der Waals surface area contributed by atoms with Crippen molar-refractivity contribution in [2.75, 3.05) is 16.3 Å². The van der Waals surface area contributed by atoms with E-state index in [1.54, 1.807) is 29.2 Å². The molecule has 0 fully saturated rings. The Kier molecular flexibility index (Phi) is 6.42. The first-order valence-electron chi connectivity index (χ1n) is 11.5. The Morgan fingerprint density at radius 2 is 1.76 bits per heavy atom. The molecule has 2 aromatic heterocycles. The number of amides is 1. The highest BCUT2D eigenvalue weighted by Crippen LogP contribution is 2.31. The van der Waals surface area contributed by atoms with Crippen LogP contribution in [0.25, 0.3) is 38.6 Å². The van der Waals surface area contributed by atoms with Crippen LogP contribution in [0.15, 0.2) is 96.4 Å². The van der Waals surface area contributed by atoms with Gasteiger partial charge in [0.15, 0.2) is 0 Å². The molecule has 2 heterocycles. The molecule has 0 spiro atoms. The second-order valence-corrected chi connectivity index (χ2v) is 9.74. The van der Waals surface area contributed by atoms with Crippen LogP contribution in [0.4, 0.5) is 11.4 Å². The zero-order valence-corrected chi connectivity index (χ0v) is 21.1. The molecule has 0 saturated heterocycles. The van der Waals surface area contributed by atoms with E-state index in [1.807, 2.05) is 61.5 Å². The molecule has 3 aromatic carbocycles. The molecule has 0 saturated carbocycles. The van der Waals surface area contributed by atoms with Crippen molar-refractivity contribution in [2.45, 2.75) is 6.92 Å². The lowest BCUT2D eigenvalue weighted by Gasteiger charge is -2.15. The van der Waals surface area contributed by atoms with E-state index in [0.29, 0.717) is 11.4 Å². The second-order valence-electron chi connectivity index (χ2n) is 8.63. The highest BCUT2D eigenvalue weighted by Gasteiger charge is 2.13. The van der Waals surface area contributed by atoms with E-state index in [9.17, 15) is 13.8 Å². The Morgan fingerprint density at radius 1 is 1.00 bits per heavy atom. The van der Waals surface area contributed by atoms with Crippen LogP contribution in [-0.4, -0.2) is 25.9 Å². The number of carbonyl (C=O) groups is 1. The number of rotatable bonds is 6. The molecule has 5 rings (SSSR count). The van der Waals surface area contributed by atoms with Gasteiger partial charge in [-0.15, -0.1) is 0 Å². The van der Waals surface area contributed by atoms with Crippen molar-refractivity contribution in [2.24, 2.45) is 0 Å². The topological polar surface area (TPSA) is 93.1 Å². The van der Waals surface area contributed by atoms with E-state index in [0.717, 1.165) is 44.2 Å². The molecule has 1 atom stereocenters. The molecule has 184 valence electrons. The van der Waals surface area contributed by atoms with Crippen molar-refractivity contribution >= 4 is 50.1 Å². The standard InChI is InChI=1S/C29H24N4O3S/c1-4-27(34)31-26-16-23(12-5-18(26)2)33-28(35)14-9-21-17-30-25-13-8-20(15-24(25)29(21)33)19-6-10-22(11-7-19)32-37(3)36/h4-17,32H,1H2,2-3H3,(H,31,34). The number of nitrogens with one attached hydrogen (secondary N) is 2. The largest absolute Gasteiger partial charge is 0.322 e. The number of carbonyl (C=O) groups excluding carboxylic acids is 1. The second kappa shape index (κ2) is 9.83. The summed E-state index contributed by atoms with van der Waals surface area (Å²) < 4.78 is 16.0. The number of hydrogen-bond acceptors (Lipinski definition) is 4. The van der Waals surface area contributed by atoms with Crippen LogP contribution in [0.3, 0.4) is 0 Å². The Labute approximate surface area is 216 Å². The summed E-state index contributed by atoms with van der Waals surface area (Å²) in [6.45, 7) is 5.40. The number of nitrogens with zero attached hydrogens (tertiary/aromatic N) is 2. The van der Waals surface area contributed by atoms with Gasteiger partial charge >= 0.3 is 0 Å². The molecular weight excluding hydrogens is 484 g/mol. The summed E-state index contributed by atoms with van der Waals surface area (Å²) in [5, 5.41) is 4.45. The van der Waals surface area contributed by atoms with Gasteiger partial charge in [0.25, 0.3) is 5.56 Å². The highest BCUT2D eigenvalue weighted by atomic mass is 32.2. The van der Waals surface area contributed by atoms with Crippen LogP contribution >= 0.6 is 0 Å². The van der Waals surface area contributed by atoms with Crippen LogP contribution < -0.4 is 15.6 Å². The average Bonchev–Trinajstić information content (AvgIpc) is 2.89. The number of benzene rings is 3. The van der Waals surface area contributed by atoms with Crippen molar-refractivity contribution < 1.29 is 9.00 Å². The van der Waals surface area contributed by atoms with Gasteiger partial charge in [-0.3, -0.25) is 19.1 Å². The summed E-state index contributed by atoms with van der Waals surface area (Å²) in [5.41, 5.74) is 6.08. The number of hydrogen-bond donors (Lipinski definition) is 2. The molecule has 0 aliphatic carbocycles. The maximum atomic E-state index is 13.2. The molecule has 2 N–H and O–H groups in total. The van der Waals surface area contributed by atoms with Crippen LogP contribution in [0, 0.1) is 6.92 Å². The first kappa shape index (κ1) is 24.1. The first-order valence-corrected chi connectivity index (χ1v) is 13.1. The number of aromatic nitrogens is 2. The predicted octanol–water partition coefficient (Wildman–Crippen LogP) is 5.34. The van der Waals surface area contributed by atoms with E-state index in [4.69, 9.17) is 0 Å². The lowest BCUT2D eigenvalue weighted by molar-refractivity contribution is -0.111. The first-order chi connectivity index (χ1) is 17.8. The molecule has 1 unspecified atom stereocenters. The molecular formula is C29H24N4O3S. The van der Waals surface area contributed by atoms with E-state index >= 15 is 0 Å². The number of fused-ring (bicyclic) bond motifs is 3. The molecule has 7 nitrogen and oxygen atoms in total. The maximum Gasteiger partial charge on any atom is 0.255 e. The third kappa shape index (κ3) is 4.79. The lowest BCUT2D eigenvalue weighted by atomic mass is 10.0. The van der Waals surface area contributed by atoms with Crippen LogP contribution in [0.1, 0.15) is 5.56 Å². The van der Waals surface area contributed by atoms with E-state index in [2.05, 4.69) is 21.6 Å². The monoisotopic (exact) mass is 508 g/mol. The minimum atomic E-state index is -1.15. The Balaban J connectivity index is 1.71. The van der Waals surface area contributed by atoms with Crippen LogP contribution in [0.2, 0.25) is 0 Å². The van der Waals surface area contributed by atoms with E-state index < -0.39 is 11.0 Å². The SMILES string of the molecule is C=CC(=O)Nc1cc(-n2c(=O)ccc3cnc4ccc(-c5ccc(NS(C)=O)cc5)cc4c32)ccc1C. The summed E-state index contributed by atoms with van der Waals surface area (Å²) in [5.74, 6) is -0.323. The average molecular weight is 509 g/mol. The Bertz CT molecular complexity index is 1780. The number of aryl methyl sites for hydroxylation is 1. The van der Waals surface area contributed by atoms with Crippen molar-refractivity contribution in [3.8, 4) is 16.8 Å². The normalized spacial score (nSPS) is 11.8. The van der Waals surface area contributed by atoms with Crippen molar-refractivity contribution in [3.63, 3.8) is 0 Å². The summed E-state index contributed by atoms with van der Waals surface area (Å²) in [6, 6.07) is 22.4. The van der Waals surface area contributed by atoms with E-state index in [-0.39, 0.29) is 11.5 Å². The van der Waals surface area contributed by atoms with Crippen molar-refractivity contribution in [3.05, 3.63) is 108 Å². The molecule has 37 heavy (non-hydrogen) atoms. The van der Waals surface area contributed by atoms with Gasteiger partial charge in [-0.2, -0.15) is 0 Å². The number of anilines is 2. The smallest absolute Gasteiger partial charge is 0.255 e. The summed E-state index contributed by atoms with van der Waals surface area (Å²) in [7, 11) is -1.15. The van der Waals surface area contributed by atoms with Crippen LogP contribution in [-0.2, 0) is 15.8 Å². The predicted molar refractivity (Wildman–Crippen MR) is 152 cm³/mol. The van der Waals surface area contributed by atoms with Gasteiger partial charge in [0, 0.05) is 40.7 Å². The lowest BCUT2D eigenvalue weighted by Crippen LogP contribution is -2.18. The van der Waals surface area contributed by atoms with Gasteiger partial charge in [-0.05, 0) is 72.2 Å². The minimum absolute atomic E-state index is 0.196. The summed E-state index contributed by atoms with van der Waals surface area (Å²) in [4.78, 5) is 29.8. The quantitative estimate of drug-likeness (QED) is 0.239.